The maximum absolute atomic E-state index is 12.4. The third-order valence-electron chi connectivity index (χ3n) is 4.19. The largest absolute Gasteiger partial charge is 0.497 e. The van der Waals surface area contributed by atoms with Crippen molar-refractivity contribution in [1.29, 1.82) is 0 Å². The van der Waals surface area contributed by atoms with Crippen LogP contribution in [-0.4, -0.2) is 30.8 Å². The molecule has 1 amide bonds. The minimum absolute atomic E-state index is 0.0287. The van der Waals surface area contributed by atoms with Gasteiger partial charge in [-0.2, -0.15) is 0 Å². The van der Waals surface area contributed by atoms with E-state index in [1.165, 1.54) is 0 Å². The molecule has 0 heterocycles. The Kier molecular flexibility index (Phi) is 5.48. The van der Waals surface area contributed by atoms with Gasteiger partial charge in [-0.1, -0.05) is 12.1 Å². The summed E-state index contributed by atoms with van der Waals surface area (Å²) < 4.78 is 10.9. The minimum Gasteiger partial charge on any atom is -0.497 e. The van der Waals surface area contributed by atoms with Gasteiger partial charge in [0.25, 0.3) is 0 Å². The molecule has 1 aromatic rings. The van der Waals surface area contributed by atoms with Gasteiger partial charge in [0.15, 0.2) is 0 Å². The fourth-order valence-electron chi connectivity index (χ4n) is 2.86. The number of carbonyl (C=O) groups excluding carboxylic acids is 1. The van der Waals surface area contributed by atoms with Gasteiger partial charge >= 0.3 is 6.09 Å². The second-order valence-corrected chi connectivity index (χ2v) is 5.53. The van der Waals surface area contributed by atoms with Gasteiger partial charge in [0, 0.05) is 6.54 Å². The molecule has 4 nitrogen and oxygen atoms in total. The maximum atomic E-state index is 12.4. The smallest absolute Gasteiger partial charge is 0.410 e. The molecule has 1 saturated carbocycles. The molecular formula is C17H25NO3. The summed E-state index contributed by atoms with van der Waals surface area (Å²) in [6.45, 7) is 4.63. The van der Waals surface area contributed by atoms with Crippen LogP contribution in [0.5, 0.6) is 5.75 Å². The maximum Gasteiger partial charge on any atom is 0.410 e. The van der Waals surface area contributed by atoms with Gasteiger partial charge in [-0.15, -0.1) is 0 Å². The van der Waals surface area contributed by atoms with Gasteiger partial charge in [0.2, 0.25) is 0 Å². The first-order valence-corrected chi connectivity index (χ1v) is 7.77. The molecule has 1 aromatic carbocycles. The molecule has 0 N–H and O–H groups in total. The predicted octanol–water partition coefficient (Wildman–Crippen LogP) is 4.16. The van der Waals surface area contributed by atoms with Crippen LogP contribution < -0.4 is 4.74 Å². The first-order chi connectivity index (χ1) is 10.2. The molecule has 4 heteroatoms. The summed E-state index contributed by atoms with van der Waals surface area (Å²) in [5.41, 5.74) is 1.06. The molecule has 21 heavy (non-hydrogen) atoms. The van der Waals surface area contributed by atoms with Crippen LogP contribution in [0.25, 0.3) is 0 Å². The van der Waals surface area contributed by atoms with Crippen LogP contribution in [0, 0.1) is 0 Å². The van der Waals surface area contributed by atoms with E-state index < -0.39 is 0 Å². The molecule has 0 saturated heterocycles. The van der Waals surface area contributed by atoms with Crippen LogP contribution in [0.3, 0.4) is 0 Å². The zero-order valence-electron chi connectivity index (χ0n) is 13.2. The van der Waals surface area contributed by atoms with Gasteiger partial charge < -0.3 is 14.4 Å². The molecular weight excluding hydrogens is 266 g/mol. The second-order valence-electron chi connectivity index (χ2n) is 5.53. The van der Waals surface area contributed by atoms with E-state index in [1.807, 2.05) is 38.1 Å². The normalized spacial score (nSPS) is 16.5. The van der Waals surface area contributed by atoms with Gasteiger partial charge in [0.05, 0.1) is 13.2 Å². The van der Waals surface area contributed by atoms with Crippen molar-refractivity contribution in [2.75, 3.05) is 13.7 Å². The highest BCUT2D eigenvalue weighted by Crippen LogP contribution is 2.26. The van der Waals surface area contributed by atoms with Crippen molar-refractivity contribution < 1.29 is 14.3 Å². The van der Waals surface area contributed by atoms with E-state index in [0.29, 0.717) is 6.54 Å². The zero-order chi connectivity index (χ0) is 15.2. The standard InChI is InChI=1S/C17H25NO3/c1-4-18(17(19)21-15-9-5-6-10-15)13(2)14-8-7-11-16(12-14)20-3/h7-8,11-13,15H,4-6,9-10H2,1-3H3/t13-/m1/s1. The minimum atomic E-state index is -0.209. The van der Waals surface area contributed by atoms with E-state index in [2.05, 4.69) is 0 Å². The number of hydrogen-bond donors (Lipinski definition) is 0. The third kappa shape index (κ3) is 3.90. The average molecular weight is 291 g/mol. The summed E-state index contributed by atoms with van der Waals surface area (Å²) in [5.74, 6) is 0.805. The van der Waals surface area contributed by atoms with E-state index in [-0.39, 0.29) is 18.2 Å². The van der Waals surface area contributed by atoms with Crippen molar-refractivity contribution in [2.24, 2.45) is 0 Å². The zero-order valence-corrected chi connectivity index (χ0v) is 13.2. The van der Waals surface area contributed by atoms with E-state index in [9.17, 15) is 4.79 Å². The van der Waals surface area contributed by atoms with Crippen molar-refractivity contribution in [1.82, 2.24) is 4.90 Å². The lowest BCUT2D eigenvalue weighted by molar-refractivity contribution is 0.0566. The van der Waals surface area contributed by atoms with Gasteiger partial charge in [-0.25, -0.2) is 4.79 Å². The molecule has 116 valence electrons. The fraction of sp³-hybridized carbons (Fsp3) is 0.588. The monoisotopic (exact) mass is 291 g/mol. The topological polar surface area (TPSA) is 38.8 Å². The lowest BCUT2D eigenvalue weighted by Crippen LogP contribution is -2.35. The van der Waals surface area contributed by atoms with Crippen molar-refractivity contribution in [3.63, 3.8) is 0 Å². The lowest BCUT2D eigenvalue weighted by atomic mass is 10.1. The summed E-state index contributed by atoms with van der Waals surface area (Å²) in [6.07, 6.45) is 4.21. The number of amides is 1. The quantitative estimate of drug-likeness (QED) is 0.817. The first kappa shape index (κ1) is 15.7. The Morgan fingerprint density at radius 2 is 2.10 bits per heavy atom. The van der Waals surface area contributed by atoms with E-state index in [4.69, 9.17) is 9.47 Å². The second kappa shape index (κ2) is 7.34. The van der Waals surface area contributed by atoms with Gasteiger partial charge in [-0.3, -0.25) is 0 Å². The van der Waals surface area contributed by atoms with Crippen molar-refractivity contribution in [3.8, 4) is 5.75 Å². The van der Waals surface area contributed by atoms with Crippen molar-refractivity contribution in [2.45, 2.75) is 51.7 Å². The molecule has 0 radical (unpaired) electrons. The molecule has 1 aliphatic rings. The van der Waals surface area contributed by atoms with Crippen molar-refractivity contribution in [3.05, 3.63) is 29.8 Å². The molecule has 0 aliphatic heterocycles. The van der Waals surface area contributed by atoms with Gasteiger partial charge in [0.1, 0.15) is 11.9 Å². The van der Waals surface area contributed by atoms with Crippen LogP contribution in [-0.2, 0) is 4.74 Å². The Balaban J connectivity index is 2.05. The summed E-state index contributed by atoms with van der Waals surface area (Å²) in [7, 11) is 1.65. The Hall–Kier alpha value is -1.71. The van der Waals surface area contributed by atoms with E-state index in [1.54, 1.807) is 12.0 Å². The number of hydrogen-bond acceptors (Lipinski definition) is 3. The lowest BCUT2D eigenvalue weighted by Gasteiger charge is -2.29. The van der Waals surface area contributed by atoms with Crippen LogP contribution in [0.15, 0.2) is 24.3 Å². The fourth-order valence-corrected chi connectivity index (χ4v) is 2.86. The summed E-state index contributed by atoms with van der Waals surface area (Å²) >= 11 is 0. The van der Waals surface area contributed by atoms with Crippen LogP contribution >= 0.6 is 0 Å². The summed E-state index contributed by atoms with van der Waals surface area (Å²) in [5, 5.41) is 0. The van der Waals surface area contributed by atoms with Crippen LogP contribution in [0.4, 0.5) is 4.79 Å². The molecule has 1 aliphatic carbocycles. The highest BCUT2D eigenvalue weighted by Gasteiger charge is 2.26. The summed E-state index contributed by atoms with van der Waals surface area (Å²) in [6, 6.07) is 7.80. The Bertz CT molecular complexity index is 469. The Morgan fingerprint density at radius 3 is 2.71 bits per heavy atom. The number of methoxy groups -OCH3 is 1. The molecule has 1 fully saturated rings. The number of rotatable bonds is 5. The number of ether oxygens (including phenoxy) is 2. The van der Waals surface area contributed by atoms with Gasteiger partial charge in [-0.05, 0) is 57.2 Å². The number of benzene rings is 1. The highest BCUT2D eigenvalue weighted by atomic mass is 16.6. The SMILES string of the molecule is CCN(C(=O)OC1CCCC1)[C@H](C)c1cccc(OC)c1. The van der Waals surface area contributed by atoms with Crippen molar-refractivity contribution >= 4 is 6.09 Å². The highest BCUT2D eigenvalue weighted by molar-refractivity contribution is 5.68. The molecule has 0 bridgehead atoms. The summed E-state index contributed by atoms with van der Waals surface area (Å²) in [4.78, 5) is 14.1. The first-order valence-electron chi connectivity index (χ1n) is 7.77. The molecule has 0 unspecified atom stereocenters. The number of nitrogens with zero attached hydrogens (tertiary/aromatic N) is 1. The Labute approximate surface area is 127 Å². The molecule has 1 atom stereocenters. The van der Waals surface area contributed by atoms with Crippen LogP contribution in [0.2, 0.25) is 0 Å². The van der Waals surface area contributed by atoms with E-state index in [0.717, 1.165) is 37.0 Å². The predicted molar refractivity (Wildman–Crippen MR) is 82.5 cm³/mol. The van der Waals surface area contributed by atoms with E-state index >= 15 is 0 Å². The number of carbonyl (C=O) groups is 1. The molecule has 0 spiro atoms. The Morgan fingerprint density at radius 1 is 1.38 bits per heavy atom. The molecule has 0 aromatic heterocycles. The molecule has 2 rings (SSSR count). The average Bonchev–Trinajstić information content (AvgIpc) is 3.00. The third-order valence-corrected chi connectivity index (χ3v) is 4.19. The van der Waals surface area contributed by atoms with Crippen LogP contribution in [0.1, 0.15) is 51.1 Å².